The van der Waals surface area contributed by atoms with Crippen LogP contribution in [0.1, 0.15) is 41.8 Å². The fourth-order valence-electron chi connectivity index (χ4n) is 2.62. The normalized spacial score (nSPS) is 22.0. The third kappa shape index (κ3) is 3.29. The maximum absolute atomic E-state index is 12.5. The van der Waals surface area contributed by atoms with Crippen molar-refractivity contribution in [3.63, 3.8) is 0 Å². The Morgan fingerprint density at radius 2 is 2.29 bits per heavy atom. The molecule has 1 aromatic rings. The summed E-state index contributed by atoms with van der Waals surface area (Å²) in [6, 6.07) is 0.489. The minimum Gasteiger partial charge on any atom is -0.382 e. The van der Waals surface area contributed by atoms with Gasteiger partial charge in [-0.05, 0) is 32.1 Å². The van der Waals surface area contributed by atoms with Crippen LogP contribution in [0.4, 0.5) is 10.9 Å². The molecule has 116 valence electrons. The smallest absolute Gasteiger partial charge is 0.267 e. The molecule has 21 heavy (non-hydrogen) atoms. The minimum atomic E-state index is -0.0674. The van der Waals surface area contributed by atoms with E-state index in [9.17, 15) is 4.79 Å². The second-order valence-corrected chi connectivity index (χ2v) is 6.83. The molecular formula is C14H22N4O2S. The Bertz CT molecular complexity index is 509. The van der Waals surface area contributed by atoms with Crippen molar-refractivity contribution in [1.29, 1.82) is 0 Å². The average molecular weight is 310 g/mol. The van der Waals surface area contributed by atoms with E-state index < -0.39 is 0 Å². The number of nitrogens with two attached hydrogens (primary N) is 1. The Hall–Kier alpha value is -1.34. The summed E-state index contributed by atoms with van der Waals surface area (Å²) in [6.45, 7) is 1.41. The summed E-state index contributed by atoms with van der Waals surface area (Å²) in [5.41, 5.74) is 5.90. The van der Waals surface area contributed by atoms with Gasteiger partial charge in [-0.25, -0.2) is 4.98 Å². The van der Waals surface area contributed by atoms with Crippen LogP contribution in [0.3, 0.4) is 0 Å². The molecule has 0 bridgehead atoms. The van der Waals surface area contributed by atoms with Gasteiger partial charge in [0.15, 0.2) is 5.13 Å². The maximum atomic E-state index is 12.5. The van der Waals surface area contributed by atoms with Crippen molar-refractivity contribution >= 4 is 28.2 Å². The van der Waals surface area contributed by atoms with Crippen molar-refractivity contribution in [3.05, 3.63) is 4.88 Å². The Balaban J connectivity index is 1.62. The highest BCUT2D eigenvalue weighted by Gasteiger charge is 2.25. The number of amides is 1. The predicted octanol–water partition coefficient (Wildman–Crippen LogP) is 1.94. The third-order valence-corrected chi connectivity index (χ3v) is 5.12. The van der Waals surface area contributed by atoms with E-state index >= 15 is 0 Å². The van der Waals surface area contributed by atoms with Crippen LogP contribution >= 0.6 is 11.3 Å². The SMILES string of the molecule is CN(CC1CCCO1)C(=O)c1sc(NC2CCC2)nc1N. The summed E-state index contributed by atoms with van der Waals surface area (Å²) < 4.78 is 5.57. The van der Waals surface area contributed by atoms with E-state index in [0.717, 1.165) is 24.6 Å². The number of nitrogen functional groups attached to an aromatic ring is 1. The fourth-order valence-corrected chi connectivity index (χ4v) is 3.58. The molecule has 1 aliphatic carbocycles. The first-order chi connectivity index (χ1) is 10.1. The Morgan fingerprint density at radius 1 is 1.48 bits per heavy atom. The summed E-state index contributed by atoms with van der Waals surface area (Å²) in [5.74, 6) is 0.258. The van der Waals surface area contributed by atoms with Crippen LogP contribution in [0.5, 0.6) is 0 Å². The molecular weight excluding hydrogens is 288 g/mol. The zero-order valence-electron chi connectivity index (χ0n) is 12.3. The Morgan fingerprint density at radius 3 is 2.90 bits per heavy atom. The van der Waals surface area contributed by atoms with Crippen LogP contribution in [0.2, 0.25) is 0 Å². The van der Waals surface area contributed by atoms with Gasteiger partial charge in [-0.15, -0.1) is 0 Å². The third-order valence-electron chi connectivity index (χ3n) is 4.13. The van der Waals surface area contributed by atoms with Crippen LogP contribution in [-0.4, -0.2) is 48.1 Å². The van der Waals surface area contributed by atoms with Crippen LogP contribution in [0.25, 0.3) is 0 Å². The molecule has 1 saturated carbocycles. The van der Waals surface area contributed by atoms with Gasteiger partial charge in [-0.2, -0.15) is 0 Å². The summed E-state index contributed by atoms with van der Waals surface area (Å²) in [6.07, 6.45) is 5.84. The molecule has 1 atom stereocenters. The predicted molar refractivity (Wildman–Crippen MR) is 83.7 cm³/mol. The van der Waals surface area contributed by atoms with Gasteiger partial charge in [-0.1, -0.05) is 11.3 Å². The lowest BCUT2D eigenvalue weighted by Gasteiger charge is -2.25. The first-order valence-electron chi connectivity index (χ1n) is 7.53. The monoisotopic (exact) mass is 310 g/mol. The molecule has 7 heteroatoms. The summed E-state index contributed by atoms with van der Waals surface area (Å²) >= 11 is 1.35. The van der Waals surface area contributed by atoms with Gasteiger partial charge in [0.2, 0.25) is 0 Å². The summed E-state index contributed by atoms with van der Waals surface area (Å²) in [4.78, 5) is 19.0. The number of thiazole rings is 1. The van der Waals surface area contributed by atoms with Gasteiger partial charge >= 0.3 is 0 Å². The lowest BCUT2D eigenvalue weighted by molar-refractivity contribution is 0.0591. The minimum absolute atomic E-state index is 0.0674. The second-order valence-electron chi connectivity index (χ2n) is 5.83. The van der Waals surface area contributed by atoms with Crippen molar-refractivity contribution in [2.24, 2.45) is 0 Å². The molecule has 3 N–H and O–H groups in total. The van der Waals surface area contributed by atoms with Gasteiger partial charge in [0.05, 0.1) is 6.10 Å². The zero-order chi connectivity index (χ0) is 14.8. The quantitative estimate of drug-likeness (QED) is 0.869. The van der Waals surface area contributed by atoms with E-state index in [4.69, 9.17) is 10.5 Å². The number of anilines is 2. The number of hydrogen-bond donors (Lipinski definition) is 2. The number of carbonyl (C=O) groups is 1. The first kappa shape index (κ1) is 14.6. The lowest BCUT2D eigenvalue weighted by Crippen LogP contribution is -2.34. The van der Waals surface area contributed by atoms with Crippen LogP contribution < -0.4 is 11.1 Å². The number of carbonyl (C=O) groups excluding carboxylic acids is 1. The van der Waals surface area contributed by atoms with Gasteiger partial charge in [-0.3, -0.25) is 4.79 Å². The molecule has 0 aromatic carbocycles. The Kier molecular flexibility index (Phi) is 4.30. The molecule has 0 spiro atoms. The molecule has 1 unspecified atom stereocenters. The van der Waals surface area contributed by atoms with Gasteiger partial charge in [0.1, 0.15) is 10.7 Å². The summed E-state index contributed by atoms with van der Waals surface area (Å²) in [5, 5.41) is 4.09. The average Bonchev–Trinajstić information content (AvgIpc) is 3.03. The van der Waals surface area contributed by atoms with E-state index in [1.165, 1.54) is 30.6 Å². The number of rotatable bonds is 5. The van der Waals surface area contributed by atoms with E-state index in [0.29, 0.717) is 23.3 Å². The van der Waals surface area contributed by atoms with E-state index in [1.54, 1.807) is 11.9 Å². The van der Waals surface area contributed by atoms with Crippen molar-refractivity contribution in [2.75, 3.05) is 31.2 Å². The number of hydrogen-bond acceptors (Lipinski definition) is 6. The molecule has 1 saturated heterocycles. The van der Waals surface area contributed by atoms with Crippen molar-refractivity contribution in [3.8, 4) is 0 Å². The lowest BCUT2D eigenvalue weighted by atomic mass is 9.93. The van der Waals surface area contributed by atoms with Crippen LogP contribution in [0, 0.1) is 0 Å². The van der Waals surface area contributed by atoms with E-state index in [1.807, 2.05) is 0 Å². The topological polar surface area (TPSA) is 80.5 Å². The molecule has 2 heterocycles. The number of ether oxygens (including phenoxy) is 1. The highest BCUT2D eigenvalue weighted by atomic mass is 32.1. The number of likely N-dealkylation sites (N-methyl/N-ethyl adjacent to an activating group) is 1. The van der Waals surface area contributed by atoms with Gasteiger partial charge < -0.3 is 20.7 Å². The molecule has 6 nitrogen and oxygen atoms in total. The summed E-state index contributed by atoms with van der Waals surface area (Å²) in [7, 11) is 1.79. The highest BCUT2D eigenvalue weighted by Crippen LogP contribution is 2.30. The van der Waals surface area contributed by atoms with Gasteiger partial charge in [0, 0.05) is 26.2 Å². The molecule has 1 aromatic heterocycles. The molecule has 1 amide bonds. The van der Waals surface area contributed by atoms with Crippen LogP contribution in [-0.2, 0) is 4.74 Å². The molecule has 0 radical (unpaired) electrons. The van der Waals surface area contributed by atoms with Crippen molar-refractivity contribution in [1.82, 2.24) is 9.88 Å². The molecule has 2 aliphatic rings. The number of nitrogens with one attached hydrogen (secondary N) is 1. The maximum Gasteiger partial charge on any atom is 0.267 e. The van der Waals surface area contributed by atoms with Crippen LogP contribution in [0.15, 0.2) is 0 Å². The largest absolute Gasteiger partial charge is 0.382 e. The van der Waals surface area contributed by atoms with Gasteiger partial charge in [0.25, 0.3) is 5.91 Å². The first-order valence-corrected chi connectivity index (χ1v) is 8.35. The second kappa shape index (κ2) is 6.19. The zero-order valence-corrected chi connectivity index (χ0v) is 13.1. The van der Waals surface area contributed by atoms with E-state index in [-0.39, 0.29) is 12.0 Å². The van der Waals surface area contributed by atoms with E-state index in [2.05, 4.69) is 10.3 Å². The standard InChI is InChI=1S/C14H22N4O2S/c1-18(8-10-6-3-7-20-10)13(19)11-12(15)17-14(21-11)16-9-4-2-5-9/h9-10H,2-8,15H2,1H3,(H,16,17). The molecule has 1 aliphatic heterocycles. The molecule has 3 rings (SSSR count). The number of aromatic nitrogens is 1. The fraction of sp³-hybridized carbons (Fsp3) is 0.714. The van der Waals surface area contributed by atoms with Crippen molar-refractivity contribution in [2.45, 2.75) is 44.2 Å². The highest BCUT2D eigenvalue weighted by molar-refractivity contribution is 7.18. The van der Waals surface area contributed by atoms with Crippen molar-refractivity contribution < 1.29 is 9.53 Å². The molecule has 2 fully saturated rings. The number of nitrogens with zero attached hydrogens (tertiary/aromatic N) is 2. The Labute approximate surface area is 128 Å².